The standard InChI is InChI=1S/C15H19ClFN3O3S/c16-11-3-4-14(13(17)8-11)24(22,23)19-6-1-2-12(10-19)20-7-5-18-9-15(20)21/h3-4,8,12,18H,1-2,5-7,9-10H2. The maximum absolute atomic E-state index is 14.1. The number of hydrogen-bond acceptors (Lipinski definition) is 4. The van der Waals surface area contributed by atoms with Crippen LogP contribution in [0.1, 0.15) is 12.8 Å². The second-order valence-corrected chi connectivity index (χ2v) is 8.34. The van der Waals surface area contributed by atoms with Crippen LogP contribution in [0.5, 0.6) is 0 Å². The Balaban J connectivity index is 1.82. The molecule has 9 heteroatoms. The van der Waals surface area contributed by atoms with Crippen LogP contribution in [0.2, 0.25) is 5.02 Å². The molecule has 2 saturated heterocycles. The number of benzene rings is 1. The van der Waals surface area contributed by atoms with Gasteiger partial charge in [-0.3, -0.25) is 4.79 Å². The van der Waals surface area contributed by atoms with Crippen molar-refractivity contribution in [3.05, 3.63) is 29.0 Å². The van der Waals surface area contributed by atoms with Gasteiger partial charge in [-0.25, -0.2) is 12.8 Å². The van der Waals surface area contributed by atoms with Crippen molar-refractivity contribution in [3.8, 4) is 0 Å². The number of carbonyl (C=O) groups excluding carboxylic acids is 1. The van der Waals surface area contributed by atoms with Gasteiger partial charge in [0.25, 0.3) is 0 Å². The predicted molar refractivity (Wildman–Crippen MR) is 87.8 cm³/mol. The third-order valence-electron chi connectivity index (χ3n) is 4.44. The summed E-state index contributed by atoms with van der Waals surface area (Å²) in [4.78, 5) is 13.4. The van der Waals surface area contributed by atoms with Crippen LogP contribution in [-0.2, 0) is 14.8 Å². The SMILES string of the molecule is O=C1CNCCN1C1CCCN(S(=O)(=O)c2ccc(Cl)cc2F)C1. The first-order valence-electron chi connectivity index (χ1n) is 7.85. The van der Waals surface area contributed by atoms with Crippen molar-refractivity contribution in [1.82, 2.24) is 14.5 Å². The molecule has 3 rings (SSSR count). The second-order valence-electron chi connectivity index (χ2n) is 6.00. The molecule has 132 valence electrons. The second kappa shape index (κ2) is 6.95. The van der Waals surface area contributed by atoms with E-state index in [-0.39, 0.29) is 35.0 Å². The van der Waals surface area contributed by atoms with Crippen LogP contribution in [0.4, 0.5) is 4.39 Å². The van der Waals surface area contributed by atoms with Gasteiger partial charge in [0.15, 0.2) is 0 Å². The fourth-order valence-corrected chi connectivity index (χ4v) is 4.94. The minimum Gasteiger partial charge on any atom is -0.336 e. The number of nitrogens with one attached hydrogen (secondary N) is 1. The van der Waals surface area contributed by atoms with Crippen molar-refractivity contribution in [2.75, 3.05) is 32.7 Å². The molecule has 1 unspecified atom stereocenters. The zero-order chi connectivity index (χ0) is 17.3. The molecule has 0 aliphatic carbocycles. The van der Waals surface area contributed by atoms with Gasteiger partial charge >= 0.3 is 0 Å². The highest BCUT2D eigenvalue weighted by Crippen LogP contribution is 2.26. The van der Waals surface area contributed by atoms with E-state index in [9.17, 15) is 17.6 Å². The van der Waals surface area contributed by atoms with Gasteiger partial charge in [0.1, 0.15) is 10.7 Å². The number of sulfonamides is 1. The van der Waals surface area contributed by atoms with Crippen LogP contribution < -0.4 is 5.32 Å². The van der Waals surface area contributed by atoms with Crippen molar-refractivity contribution in [3.63, 3.8) is 0 Å². The Hall–Kier alpha value is -1.22. The third kappa shape index (κ3) is 3.42. The summed E-state index contributed by atoms with van der Waals surface area (Å²) in [6, 6.07) is 3.37. The zero-order valence-corrected chi connectivity index (χ0v) is 14.6. The summed E-state index contributed by atoms with van der Waals surface area (Å²) in [7, 11) is -3.95. The van der Waals surface area contributed by atoms with Crippen LogP contribution in [0.25, 0.3) is 0 Å². The number of piperazine rings is 1. The van der Waals surface area contributed by atoms with E-state index >= 15 is 0 Å². The molecule has 0 saturated carbocycles. The molecule has 1 aromatic carbocycles. The van der Waals surface area contributed by atoms with Crippen molar-refractivity contribution in [1.29, 1.82) is 0 Å². The summed E-state index contributed by atoms with van der Waals surface area (Å²) in [5, 5.41) is 3.15. The minimum atomic E-state index is -3.95. The summed E-state index contributed by atoms with van der Waals surface area (Å²) >= 11 is 5.70. The number of rotatable bonds is 3. The summed E-state index contributed by atoms with van der Waals surface area (Å²) in [5.41, 5.74) is 0. The van der Waals surface area contributed by atoms with E-state index in [1.54, 1.807) is 4.90 Å². The Kier molecular flexibility index (Phi) is 5.10. The molecule has 0 radical (unpaired) electrons. The van der Waals surface area contributed by atoms with E-state index in [2.05, 4.69) is 5.32 Å². The molecule has 0 aromatic heterocycles. The van der Waals surface area contributed by atoms with E-state index < -0.39 is 15.8 Å². The topological polar surface area (TPSA) is 69.7 Å². The molecule has 1 aromatic rings. The Labute approximate surface area is 145 Å². The molecule has 2 heterocycles. The molecule has 24 heavy (non-hydrogen) atoms. The largest absolute Gasteiger partial charge is 0.336 e. The molecular weight excluding hydrogens is 357 g/mol. The number of nitrogens with zero attached hydrogens (tertiary/aromatic N) is 2. The van der Waals surface area contributed by atoms with Crippen molar-refractivity contribution >= 4 is 27.5 Å². The van der Waals surface area contributed by atoms with Gasteiger partial charge < -0.3 is 10.2 Å². The third-order valence-corrected chi connectivity index (χ3v) is 6.57. The lowest BCUT2D eigenvalue weighted by Crippen LogP contribution is -2.57. The van der Waals surface area contributed by atoms with E-state index in [0.717, 1.165) is 12.5 Å². The lowest BCUT2D eigenvalue weighted by atomic mass is 10.1. The molecule has 1 N–H and O–H groups in total. The van der Waals surface area contributed by atoms with Crippen LogP contribution >= 0.6 is 11.6 Å². The van der Waals surface area contributed by atoms with E-state index in [0.29, 0.717) is 26.1 Å². The highest BCUT2D eigenvalue weighted by molar-refractivity contribution is 7.89. The number of piperidine rings is 1. The fraction of sp³-hybridized carbons (Fsp3) is 0.533. The molecule has 2 aliphatic rings. The maximum Gasteiger partial charge on any atom is 0.246 e. The lowest BCUT2D eigenvalue weighted by molar-refractivity contribution is -0.135. The van der Waals surface area contributed by atoms with E-state index in [1.807, 2.05) is 0 Å². The van der Waals surface area contributed by atoms with Gasteiger partial charge in [-0.1, -0.05) is 11.6 Å². The zero-order valence-electron chi connectivity index (χ0n) is 13.0. The van der Waals surface area contributed by atoms with Crippen molar-refractivity contribution < 1.29 is 17.6 Å². The lowest BCUT2D eigenvalue weighted by Gasteiger charge is -2.40. The highest BCUT2D eigenvalue weighted by Gasteiger charge is 2.36. The van der Waals surface area contributed by atoms with Crippen LogP contribution in [-0.4, -0.2) is 62.3 Å². The monoisotopic (exact) mass is 375 g/mol. The first-order valence-corrected chi connectivity index (χ1v) is 9.67. The van der Waals surface area contributed by atoms with Gasteiger partial charge in [-0.2, -0.15) is 4.31 Å². The quantitative estimate of drug-likeness (QED) is 0.857. The summed E-state index contributed by atoms with van der Waals surface area (Å²) in [6.07, 6.45) is 1.39. The summed E-state index contributed by atoms with van der Waals surface area (Å²) in [5.74, 6) is -0.883. The fourth-order valence-electron chi connectivity index (χ4n) is 3.22. The maximum atomic E-state index is 14.1. The number of amides is 1. The minimum absolute atomic E-state index is 0.0248. The molecule has 6 nitrogen and oxygen atoms in total. The molecular formula is C15H19ClFN3O3S. The molecule has 0 bridgehead atoms. The van der Waals surface area contributed by atoms with E-state index in [4.69, 9.17) is 11.6 Å². The van der Waals surface area contributed by atoms with Crippen molar-refractivity contribution in [2.45, 2.75) is 23.8 Å². The van der Waals surface area contributed by atoms with Crippen LogP contribution in [0.15, 0.2) is 23.1 Å². The average Bonchev–Trinajstić information content (AvgIpc) is 2.55. The molecule has 0 spiro atoms. The Morgan fingerprint density at radius 2 is 2.08 bits per heavy atom. The summed E-state index contributed by atoms with van der Waals surface area (Å²) in [6.45, 7) is 2.04. The molecule has 2 aliphatic heterocycles. The number of carbonyl (C=O) groups is 1. The number of halogens is 2. The van der Waals surface area contributed by atoms with Crippen LogP contribution in [0, 0.1) is 5.82 Å². The van der Waals surface area contributed by atoms with Gasteiger partial charge in [0, 0.05) is 37.2 Å². The first kappa shape index (κ1) is 17.6. The Morgan fingerprint density at radius 3 is 2.79 bits per heavy atom. The van der Waals surface area contributed by atoms with Gasteiger partial charge in [-0.15, -0.1) is 0 Å². The van der Waals surface area contributed by atoms with Crippen molar-refractivity contribution in [2.24, 2.45) is 0 Å². The summed E-state index contributed by atoms with van der Waals surface area (Å²) < 4.78 is 40.8. The molecule has 2 fully saturated rings. The van der Waals surface area contributed by atoms with Gasteiger partial charge in [0.2, 0.25) is 15.9 Å². The Morgan fingerprint density at radius 1 is 1.29 bits per heavy atom. The number of hydrogen-bond donors (Lipinski definition) is 1. The average molecular weight is 376 g/mol. The normalized spacial score (nSPS) is 23.5. The van der Waals surface area contributed by atoms with E-state index in [1.165, 1.54) is 16.4 Å². The smallest absolute Gasteiger partial charge is 0.246 e. The van der Waals surface area contributed by atoms with Gasteiger partial charge in [-0.05, 0) is 31.0 Å². The van der Waals surface area contributed by atoms with Crippen LogP contribution in [0.3, 0.4) is 0 Å². The highest BCUT2D eigenvalue weighted by atomic mass is 35.5. The Bertz CT molecular complexity index is 743. The molecule has 1 atom stereocenters. The van der Waals surface area contributed by atoms with Gasteiger partial charge in [0.05, 0.1) is 6.54 Å². The first-order chi connectivity index (χ1) is 11.4. The molecule has 1 amide bonds. The predicted octanol–water partition coefficient (Wildman–Crippen LogP) is 1.06.